The van der Waals surface area contributed by atoms with Gasteiger partial charge in [-0.2, -0.15) is 0 Å². The van der Waals surface area contributed by atoms with E-state index in [1.165, 1.54) is 0 Å². The lowest BCUT2D eigenvalue weighted by Crippen LogP contribution is -2.25. The van der Waals surface area contributed by atoms with Gasteiger partial charge in [0.1, 0.15) is 22.8 Å². The van der Waals surface area contributed by atoms with Gasteiger partial charge in [0.05, 0.1) is 0 Å². The maximum absolute atomic E-state index is 13.8. The molecule has 0 saturated carbocycles. The maximum Gasteiger partial charge on any atom is 0.344 e. The summed E-state index contributed by atoms with van der Waals surface area (Å²) in [7, 11) is 0. The van der Waals surface area contributed by atoms with Crippen LogP contribution >= 0.6 is 0 Å². The molecule has 1 aromatic rings. The van der Waals surface area contributed by atoms with Crippen LogP contribution in [0.1, 0.15) is 44.5 Å². The Bertz CT molecular complexity index is 444. The zero-order valence-electron chi connectivity index (χ0n) is 11.6. The molecule has 0 spiro atoms. The minimum Gasteiger partial charge on any atom is -0.456 e. The fourth-order valence-corrected chi connectivity index (χ4v) is 1.47. The van der Waals surface area contributed by atoms with Crippen molar-refractivity contribution >= 4 is 11.7 Å². The molecule has 0 aliphatic rings. The van der Waals surface area contributed by atoms with E-state index in [2.05, 4.69) is 5.32 Å². The van der Waals surface area contributed by atoms with Gasteiger partial charge < -0.3 is 10.1 Å². The molecule has 1 N–H and O–H groups in total. The molecule has 0 radical (unpaired) electrons. The van der Waals surface area contributed by atoms with E-state index in [1.807, 2.05) is 6.92 Å². The predicted molar refractivity (Wildman–Crippen MR) is 70.3 cm³/mol. The van der Waals surface area contributed by atoms with Crippen LogP contribution in [0.5, 0.6) is 0 Å². The molecule has 0 atom stereocenters. The van der Waals surface area contributed by atoms with Crippen LogP contribution in [0.2, 0.25) is 0 Å². The van der Waals surface area contributed by atoms with E-state index in [4.69, 9.17) is 4.74 Å². The number of nitrogens with one attached hydrogen (secondary N) is 1. The van der Waals surface area contributed by atoms with Crippen LogP contribution in [0.15, 0.2) is 12.1 Å². The van der Waals surface area contributed by atoms with Gasteiger partial charge in [0.25, 0.3) is 0 Å². The molecule has 1 aromatic carbocycles. The molecule has 0 aliphatic carbocycles. The van der Waals surface area contributed by atoms with Crippen molar-refractivity contribution in [2.75, 3.05) is 11.9 Å². The number of anilines is 1. The maximum atomic E-state index is 13.8. The van der Waals surface area contributed by atoms with Crippen LogP contribution in [0.4, 0.5) is 14.5 Å². The van der Waals surface area contributed by atoms with Gasteiger partial charge in [-0.3, -0.25) is 0 Å². The summed E-state index contributed by atoms with van der Waals surface area (Å²) in [6.07, 6.45) is 0.830. The van der Waals surface area contributed by atoms with Crippen molar-refractivity contribution < 1.29 is 18.3 Å². The molecule has 106 valence electrons. The van der Waals surface area contributed by atoms with Crippen molar-refractivity contribution in [2.45, 2.75) is 39.7 Å². The fourth-order valence-electron chi connectivity index (χ4n) is 1.47. The first-order valence-electron chi connectivity index (χ1n) is 6.21. The molecule has 1 rings (SSSR count). The van der Waals surface area contributed by atoms with Crippen molar-refractivity contribution in [3.8, 4) is 0 Å². The van der Waals surface area contributed by atoms with E-state index in [-0.39, 0.29) is 0 Å². The third-order valence-electron chi connectivity index (χ3n) is 2.22. The van der Waals surface area contributed by atoms with Crippen LogP contribution in [-0.2, 0) is 4.74 Å². The predicted octanol–water partition coefficient (Wildman–Crippen LogP) is 3.74. The molecule has 0 aromatic heterocycles. The number of rotatable bonds is 4. The van der Waals surface area contributed by atoms with Crippen molar-refractivity contribution in [1.29, 1.82) is 0 Å². The average Bonchev–Trinajstić information content (AvgIpc) is 2.22. The van der Waals surface area contributed by atoms with Gasteiger partial charge in [-0.05, 0) is 39.3 Å². The Hall–Kier alpha value is -1.65. The van der Waals surface area contributed by atoms with Crippen molar-refractivity contribution in [3.63, 3.8) is 0 Å². The Morgan fingerprint density at radius 1 is 1.26 bits per heavy atom. The summed E-state index contributed by atoms with van der Waals surface area (Å²) in [5.74, 6) is -2.84. The minimum atomic E-state index is -0.996. The highest BCUT2D eigenvalue weighted by molar-refractivity contribution is 5.90. The van der Waals surface area contributed by atoms with E-state index in [0.717, 1.165) is 18.6 Å². The van der Waals surface area contributed by atoms with Crippen molar-refractivity contribution in [1.82, 2.24) is 0 Å². The Kier molecular flexibility index (Phi) is 4.86. The van der Waals surface area contributed by atoms with Gasteiger partial charge in [-0.25, -0.2) is 13.6 Å². The molecule has 0 heterocycles. The number of carbonyl (C=O) groups is 1. The van der Waals surface area contributed by atoms with E-state index < -0.39 is 28.8 Å². The van der Waals surface area contributed by atoms with Gasteiger partial charge in [-0.15, -0.1) is 0 Å². The van der Waals surface area contributed by atoms with Gasteiger partial charge in [0.2, 0.25) is 0 Å². The molecule has 19 heavy (non-hydrogen) atoms. The molecule has 5 heteroatoms. The molecule has 3 nitrogen and oxygen atoms in total. The van der Waals surface area contributed by atoms with Gasteiger partial charge in [0.15, 0.2) is 0 Å². The zero-order chi connectivity index (χ0) is 14.6. The standard InChI is InChI=1S/C14H19F2NO2/c1-5-6-17-9-7-10(15)12(11(16)8-9)13(18)19-14(2,3)4/h7-8,17H,5-6H2,1-4H3. The number of hydrogen-bond donors (Lipinski definition) is 1. The van der Waals surface area contributed by atoms with E-state index >= 15 is 0 Å². The molecule has 0 saturated heterocycles. The largest absolute Gasteiger partial charge is 0.456 e. The van der Waals surface area contributed by atoms with Gasteiger partial charge in [-0.1, -0.05) is 6.92 Å². The lowest BCUT2D eigenvalue weighted by atomic mass is 10.1. The minimum absolute atomic E-state index is 0.309. The summed E-state index contributed by atoms with van der Waals surface area (Å²) in [4.78, 5) is 11.7. The molecule has 0 aliphatic heterocycles. The number of ether oxygens (including phenoxy) is 1. The summed E-state index contributed by atoms with van der Waals surface area (Å²) in [6.45, 7) is 7.45. The van der Waals surface area contributed by atoms with Crippen LogP contribution < -0.4 is 5.32 Å². The first-order chi connectivity index (χ1) is 8.74. The second-order valence-corrected chi connectivity index (χ2v) is 5.24. The Morgan fingerprint density at radius 2 is 1.79 bits per heavy atom. The van der Waals surface area contributed by atoms with Crippen molar-refractivity contribution in [3.05, 3.63) is 29.3 Å². The summed E-state index contributed by atoms with van der Waals surface area (Å²) in [5, 5.41) is 2.86. The molecular weight excluding hydrogens is 252 g/mol. The highest BCUT2D eigenvalue weighted by Crippen LogP contribution is 2.22. The second kappa shape index (κ2) is 5.99. The lowest BCUT2D eigenvalue weighted by molar-refractivity contribution is 0.00596. The number of hydrogen-bond acceptors (Lipinski definition) is 3. The monoisotopic (exact) mass is 271 g/mol. The van der Waals surface area contributed by atoms with Crippen LogP contribution in [-0.4, -0.2) is 18.1 Å². The van der Waals surface area contributed by atoms with E-state index in [0.29, 0.717) is 12.2 Å². The van der Waals surface area contributed by atoms with Crippen LogP contribution in [0.25, 0.3) is 0 Å². The average molecular weight is 271 g/mol. The van der Waals surface area contributed by atoms with Gasteiger partial charge >= 0.3 is 5.97 Å². The normalized spacial score (nSPS) is 11.3. The van der Waals surface area contributed by atoms with Crippen molar-refractivity contribution in [2.24, 2.45) is 0 Å². The summed E-state index contributed by atoms with van der Waals surface area (Å²) < 4.78 is 32.5. The topological polar surface area (TPSA) is 38.3 Å². The second-order valence-electron chi connectivity index (χ2n) is 5.24. The molecule has 0 unspecified atom stereocenters. The Morgan fingerprint density at radius 3 is 2.21 bits per heavy atom. The van der Waals surface area contributed by atoms with E-state index in [1.54, 1.807) is 20.8 Å². The zero-order valence-corrected chi connectivity index (χ0v) is 11.6. The smallest absolute Gasteiger partial charge is 0.344 e. The van der Waals surface area contributed by atoms with Gasteiger partial charge in [0, 0.05) is 12.2 Å². The first kappa shape index (κ1) is 15.4. The molecular formula is C14H19F2NO2. The highest BCUT2D eigenvalue weighted by Gasteiger charge is 2.24. The summed E-state index contributed by atoms with van der Waals surface area (Å²) >= 11 is 0. The number of halogens is 2. The van der Waals surface area contributed by atoms with Crippen LogP contribution in [0, 0.1) is 11.6 Å². The summed E-state index contributed by atoms with van der Waals surface area (Å²) in [6, 6.07) is 2.19. The Balaban J connectivity index is 3.00. The molecule has 0 fully saturated rings. The number of carbonyl (C=O) groups excluding carboxylic acids is 1. The SMILES string of the molecule is CCCNc1cc(F)c(C(=O)OC(C)(C)C)c(F)c1. The van der Waals surface area contributed by atoms with Crippen LogP contribution in [0.3, 0.4) is 0 Å². The lowest BCUT2D eigenvalue weighted by Gasteiger charge is -2.20. The summed E-state index contributed by atoms with van der Waals surface area (Å²) in [5.41, 5.74) is -1.14. The number of esters is 1. The first-order valence-corrected chi connectivity index (χ1v) is 6.21. The third kappa shape index (κ3) is 4.50. The number of benzene rings is 1. The third-order valence-corrected chi connectivity index (χ3v) is 2.22. The molecule has 0 bridgehead atoms. The van der Waals surface area contributed by atoms with E-state index in [9.17, 15) is 13.6 Å². The Labute approximate surface area is 112 Å². The highest BCUT2D eigenvalue weighted by atomic mass is 19.1. The molecule has 0 amide bonds. The quantitative estimate of drug-likeness (QED) is 0.848. The fraction of sp³-hybridized carbons (Fsp3) is 0.500.